The van der Waals surface area contributed by atoms with Crippen LogP contribution in [0.1, 0.15) is 60.9 Å². The van der Waals surface area contributed by atoms with Crippen LogP contribution < -0.4 is 11.1 Å². The van der Waals surface area contributed by atoms with E-state index >= 15 is 0 Å². The van der Waals surface area contributed by atoms with E-state index < -0.39 is 47.5 Å². The van der Waals surface area contributed by atoms with Crippen LogP contribution in [0.4, 0.5) is 4.79 Å². The lowest BCUT2D eigenvalue weighted by molar-refractivity contribution is -0.147. The number of benzene rings is 5. The number of carbonyl (C=O) groups excluding carboxylic acids is 2. The summed E-state index contributed by atoms with van der Waals surface area (Å²) in [5, 5.41) is 21.4. The van der Waals surface area contributed by atoms with E-state index in [0.717, 1.165) is 38.9 Å². The zero-order chi connectivity index (χ0) is 38.9. The third-order valence-corrected chi connectivity index (χ3v) is 9.35. The first kappa shape index (κ1) is 39.0. The van der Waals surface area contributed by atoms with E-state index in [9.17, 15) is 24.3 Å². The number of rotatable bonds is 11. The number of hydrogen-bond donors (Lipinski definition) is 4. The van der Waals surface area contributed by atoms with E-state index in [2.05, 4.69) is 23.2 Å². The first-order valence-electron chi connectivity index (χ1n) is 17.6. The molecule has 5 N–H and O–H groups in total. The Balaban J connectivity index is 0.00000105. The number of carboxylic acids is 2. The van der Waals surface area contributed by atoms with Crippen LogP contribution >= 0.6 is 0 Å². The van der Waals surface area contributed by atoms with E-state index in [1.54, 1.807) is 20.8 Å². The molecule has 0 saturated heterocycles. The monoisotopic (exact) mass is 727 g/mol. The summed E-state index contributed by atoms with van der Waals surface area (Å²) in [5.41, 5.74) is 9.13. The van der Waals surface area contributed by atoms with Crippen molar-refractivity contribution in [2.24, 2.45) is 5.73 Å². The van der Waals surface area contributed by atoms with Crippen LogP contribution in [0, 0.1) is 0 Å². The summed E-state index contributed by atoms with van der Waals surface area (Å²) in [7, 11) is 0. The fourth-order valence-electron chi connectivity index (χ4n) is 7.04. The zero-order valence-electron chi connectivity index (χ0n) is 30.5. The number of hydrogen-bond acceptors (Lipinski definition) is 6. The van der Waals surface area contributed by atoms with Crippen LogP contribution in [0.15, 0.2) is 140 Å². The zero-order valence-corrected chi connectivity index (χ0v) is 30.5. The van der Waals surface area contributed by atoms with E-state index in [1.807, 2.05) is 127 Å². The van der Waals surface area contributed by atoms with Crippen molar-refractivity contribution in [2.75, 3.05) is 13.2 Å². The van der Waals surface area contributed by atoms with Gasteiger partial charge in [-0.2, -0.15) is 0 Å². The van der Waals surface area contributed by atoms with E-state index in [0.29, 0.717) is 0 Å². The number of carboxylic acid groups (broad SMARTS) is 2. The van der Waals surface area contributed by atoms with Crippen molar-refractivity contribution in [3.8, 4) is 11.1 Å². The van der Waals surface area contributed by atoms with Gasteiger partial charge in [0, 0.05) is 11.5 Å². The molecule has 1 aliphatic rings. The number of amides is 2. The van der Waals surface area contributed by atoms with Gasteiger partial charge in [-0.25, -0.2) is 9.59 Å². The minimum Gasteiger partial charge on any atom is -0.480 e. The summed E-state index contributed by atoms with van der Waals surface area (Å²) >= 11 is 0. The molecular formula is C44H45N3O7. The fraction of sp³-hybridized carbons (Fsp3) is 0.227. The number of aliphatic carboxylic acids is 2. The number of ether oxygens (including phenoxy) is 1. The van der Waals surface area contributed by atoms with Crippen molar-refractivity contribution >= 4 is 23.9 Å². The highest BCUT2D eigenvalue weighted by Crippen LogP contribution is 2.45. The molecule has 0 aliphatic heterocycles. The molecule has 6 rings (SSSR count). The lowest BCUT2D eigenvalue weighted by Crippen LogP contribution is -2.57. The minimum absolute atomic E-state index is 0.0249. The summed E-state index contributed by atoms with van der Waals surface area (Å²) in [6.45, 7) is 4.97. The van der Waals surface area contributed by atoms with Crippen LogP contribution in [0.25, 0.3) is 11.1 Å². The average Bonchev–Trinajstić information content (AvgIpc) is 3.50. The van der Waals surface area contributed by atoms with Gasteiger partial charge in [0.1, 0.15) is 18.2 Å². The molecule has 1 atom stereocenters. The molecule has 0 saturated carbocycles. The first-order chi connectivity index (χ1) is 25.9. The maximum atomic E-state index is 14.2. The Morgan fingerprint density at radius 2 is 1.07 bits per heavy atom. The Hall–Kier alpha value is -6.26. The second-order valence-corrected chi connectivity index (χ2v) is 13.9. The number of carbonyl (C=O) groups is 4. The van der Waals surface area contributed by atoms with Crippen LogP contribution in [0.3, 0.4) is 0 Å². The van der Waals surface area contributed by atoms with Gasteiger partial charge in [0.25, 0.3) is 0 Å². The molecule has 1 aliphatic carbocycles. The Morgan fingerprint density at radius 1 is 0.685 bits per heavy atom. The minimum atomic E-state index is -1.50. The van der Waals surface area contributed by atoms with Crippen LogP contribution in [0.5, 0.6) is 0 Å². The molecule has 0 bridgehead atoms. The van der Waals surface area contributed by atoms with Crippen LogP contribution in [-0.4, -0.2) is 63.8 Å². The van der Waals surface area contributed by atoms with Crippen molar-refractivity contribution in [2.45, 2.75) is 50.2 Å². The number of nitrogens with two attached hydrogens (primary N) is 1. The van der Waals surface area contributed by atoms with Crippen LogP contribution in [0.2, 0.25) is 0 Å². The number of fused-ring (bicyclic) bond motifs is 3. The summed E-state index contributed by atoms with van der Waals surface area (Å²) < 4.78 is 5.94. The van der Waals surface area contributed by atoms with Crippen molar-refractivity contribution in [3.63, 3.8) is 0 Å². The molecule has 0 fully saturated rings. The molecule has 10 heteroatoms. The molecule has 5 aromatic rings. The largest absolute Gasteiger partial charge is 0.480 e. The van der Waals surface area contributed by atoms with Crippen molar-refractivity contribution < 1.29 is 34.1 Å². The lowest BCUT2D eigenvalue weighted by Gasteiger charge is -2.40. The van der Waals surface area contributed by atoms with Gasteiger partial charge < -0.3 is 26.0 Å². The summed E-state index contributed by atoms with van der Waals surface area (Å²) in [6, 6.07) is 43.3. The molecule has 0 aromatic heterocycles. The molecule has 5 aromatic carbocycles. The third-order valence-electron chi connectivity index (χ3n) is 9.35. The molecule has 10 nitrogen and oxygen atoms in total. The Morgan fingerprint density at radius 3 is 1.44 bits per heavy atom. The highest BCUT2D eigenvalue weighted by Gasteiger charge is 2.43. The smallest absolute Gasteiger partial charge is 0.410 e. The highest BCUT2D eigenvalue weighted by molar-refractivity contribution is 5.88. The standard InChI is InChI=1S/C42H40N2O5.C2H5NO2/c1-41(2,3)44(40(48)49-28-36-34-25-15-13-23-32(34)33-24-14-16-26-35(33)36)37(39(46)47)27-38(45)43-42(29-17-7-4-8-18-29,30-19-9-5-10-20-30)31-21-11-6-12-22-31;3-1-2(4)5/h4-26,36-37H,27-28H2,1-3H3,(H,43,45)(H,46,47);1,3H2,(H,4,5). The molecule has 0 heterocycles. The molecule has 54 heavy (non-hydrogen) atoms. The molecule has 0 radical (unpaired) electrons. The molecule has 1 unspecified atom stereocenters. The van der Waals surface area contributed by atoms with Gasteiger partial charge in [0.2, 0.25) is 5.91 Å². The van der Waals surface area contributed by atoms with E-state index in [1.165, 1.54) is 4.90 Å². The SMILES string of the molecule is CC(C)(C)N(C(=O)OCC1c2ccccc2-c2ccccc21)C(CC(=O)NC(c1ccccc1)(c1ccccc1)c1ccccc1)C(=O)O.NCC(=O)O. The topological polar surface area (TPSA) is 159 Å². The summed E-state index contributed by atoms with van der Waals surface area (Å²) in [6.07, 6.45) is -1.29. The van der Waals surface area contributed by atoms with Gasteiger partial charge in [0.15, 0.2) is 0 Å². The lowest BCUT2D eigenvalue weighted by atomic mass is 9.77. The van der Waals surface area contributed by atoms with E-state index in [-0.39, 0.29) is 19.1 Å². The highest BCUT2D eigenvalue weighted by atomic mass is 16.6. The number of nitrogens with one attached hydrogen (secondary N) is 1. The Kier molecular flexibility index (Phi) is 12.3. The van der Waals surface area contributed by atoms with Crippen molar-refractivity contribution in [1.29, 1.82) is 0 Å². The van der Waals surface area contributed by atoms with Gasteiger partial charge >= 0.3 is 18.0 Å². The predicted octanol–water partition coefficient (Wildman–Crippen LogP) is 7.02. The van der Waals surface area contributed by atoms with Gasteiger partial charge in [-0.1, -0.05) is 140 Å². The maximum Gasteiger partial charge on any atom is 0.410 e. The van der Waals surface area contributed by atoms with Crippen molar-refractivity contribution in [3.05, 3.63) is 167 Å². The second kappa shape index (κ2) is 17.0. The molecule has 2 amide bonds. The van der Waals surface area contributed by atoms with Gasteiger partial charge in [-0.15, -0.1) is 0 Å². The number of nitrogens with zero attached hydrogens (tertiary/aromatic N) is 1. The molecule has 0 spiro atoms. The second-order valence-electron chi connectivity index (χ2n) is 13.9. The first-order valence-corrected chi connectivity index (χ1v) is 17.6. The van der Waals surface area contributed by atoms with Gasteiger partial charge in [-0.3, -0.25) is 14.5 Å². The third kappa shape index (κ3) is 8.51. The normalized spacial score (nSPS) is 12.6. The summed E-state index contributed by atoms with van der Waals surface area (Å²) in [4.78, 5) is 51.6. The Bertz CT molecular complexity index is 1920. The Labute approximate surface area is 315 Å². The van der Waals surface area contributed by atoms with Crippen molar-refractivity contribution in [1.82, 2.24) is 10.2 Å². The fourth-order valence-corrected chi connectivity index (χ4v) is 7.04. The van der Waals surface area contributed by atoms with Gasteiger partial charge in [0.05, 0.1) is 13.0 Å². The quantitative estimate of drug-likeness (QED) is 0.106. The summed E-state index contributed by atoms with van der Waals surface area (Å²) in [5.74, 6) is -3.01. The average molecular weight is 728 g/mol. The molecule has 278 valence electrons. The molecular weight excluding hydrogens is 682 g/mol. The van der Waals surface area contributed by atoms with Gasteiger partial charge in [-0.05, 0) is 59.7 Å². The van der Waals surface area contributed by atoms with E-state index in [4.69, 9.17) is 9.84 Å². The predicted molar refractivity (Wildman–Crippen MR) is 207 cm³/mol. The van der Waals surface area contributed by atoms with Crippen LogP contribution in [-0.2, 0) is 24.7 Å². The maximum absolute atomic E-state index is 14.2.